The summed E-state index contributed by atoms with van der Waals surface area (Å²) in [6.07, 6.45) is 1.37. The molecule has 1 unspecified atom stereocenters. The van der Waals surface area contributed by atoms with Crippen LogP contribution in [0, 0.1) is 0 Å². The molecule has 0 bridgehead atoms. The number of nitrogens with one attached hydrogen (secondary N) is 8. The van der Waals surface area contributed by atoms with E-state index in [0.717, 1.165) is 0 Å². The van der Waals surface area contributed by atoms with Crippen molar-refractivity contribution >= 4 is 71.2 Å². The molecule has 2 aromatic rings. The first-order valence-corrected chi connectivity index (χ1v) is 27.0. The van der Waals surface area contributed by atoms with Crippen LogP contribution >= 0.6 is 0 Å². The van der Waals surface area contributed by atoms with Crippen molar-refractivity contribution < 1.29 is 93.3 Å². The summed E-state index contributed by atoms with van der Waals surface area (Å²) in [4.78, 5) is 166. The van der Waals surface area contributed by atoms with Crippen molar-refractivity contribution in [1.29, 1.82) is 0 Å². The molecule has 0 aliphatic carbocycles. The summed E-state index contributed by atoms with van der Waals surface area (Å²) in [6, 6.07) is -2.58. The minimum absolute atomic E-state index is 0.00899. The maximum absolute atomic E-state index is 14.0. The highest BCUT2D eigenvalue weighted by Gasteiger charge is 2.34. The van der Waals surface area contributed by atoms with Crippen molar-refractivity contribution in [3.8, 4) is 0 Å². The number of carboxylic acids is 5. The minimum Gasteiger partial charge on any atom is -0.481 e. The molecule has 1 aromatic heterocycles. The van der Waals surface area contributed by atoms with Gasteiger partial charge in [0.05, 0.1) is 51.3 Å². The first kappa shape index (κ1) is 70.1. The average molecular weight is 1190 g/mol. The van der Waals surface area contributed by atoms with Crippen LogP contribution in [0.5, 0.6) is 0 Å². The number of nitrogens with zero attached hydrogens (tertiary/aromatic N) is 5. The lowest BCUT2D eigenvalue weighted by atomic mass is 10.0. The second-order valence-corrected chi connectivity index (χ2v) is 19.7. The number of carbonyl (C=O) groups is 12. The lowest BCUT2D eigenvalue weighted by Crippen LogP contribution is -2.61. The van der Waals surface area contributed by atoms with E-state index in [1.54, 1.807) is 40.1 Å². The Balaban J connectivity index is 1.73. The van der Waals surface area contributed by atoms with Gasteiger partial charge in [0, 0.05) is 84.4 Å². The number of carboxylic acid groups (broad SMARTS) is 5. The molecule has 1 aliphatic heterocycles. The number of aromatic nitrogens is 2. The van der Waals surface area contributed by atoms with Crippen molar-refractivity contribution in [1.82, 2.24) is 66.8 Å². The second kappa shape index (κ2) is 37.1. The van der Waals surface area contributed by atoms with Crippen molar-refractivity contribution in [3.05, 3.63) is 54.1 Å². The van der Waals surface area contributed by atoms with Crippen LogP contribution in [0.4, 0.5) is 0 Å². The Hall–Kier alpha value is -8.21. The van der Waals surface area contributed by atoms with Gasteiger partial charge < -0.3 is 83.7 Å². The summed E-state index contributed by atoms with van der Waals surface area (Å²) in [5.41, 5.74) is 6.16. The van der Waals surface area contributed by atoms with E-state index in [9.17, 15) is 93.3 Å². The van der Waals surface area contributed by atoms with Crippen LogP contribution < -0.4 is 43.0 Å². The van der Waals surface area contributed by atoms with Crippen molar-refractivity contribution in [2.45, 2.75) is 94.2 Å². The van der Waals surface area contributed by atoms with E-state index in [1.165, 1.54) is 29.2 Å². The van der Waals surface area contributed by atoms with Crippen LogP contribution in [0.1, 0.15) is 50.3 Å². The molecule has 1 saturated heterocycles. The highest BCUT2D eigenvalue weighted by Crippen LogP contribution is 2.12. The zero-order chi connectivity index (χ0) is 62.3. The zero-order valence-electron chi connectivity index (χ0n) is 46.5. The fraction of sp³-hybridized carbons (Fsp3) is 0.588. The third kappa shape index (κ3) is 26.4. The van der Waals surface area contributed by atoms with E-state index in [4.69, 9.17) is 5.73 Å². The maximum atomic E-state index is 14.0. The molecule has 0 spiro atoms. The topological polar surface area (TPSA) is 498 Å². The number of imidazole rings is 1. The molecule has 33 nitrogen and oxygen atoms in total. The molecule has 2 heterocycles. The van der Waals surface area contributed by atoms with Gasteiger partial charge in [-0.3, -0.25) is 77.1 Å². The van der Waals surface area contributed by atoms with Gasteiger partial charge in [-0.25, -0.2) is 4.98 Å². The molecule has 84 heavy (non-hydrogen) atoms. The SMILES string of the molecule is C[C@H](NC(=O)[C@H](CC(=O)O)NC(=O)CCCN)C(=O)N[C@@H](Cc1c[nH]cn1)C(=O)N[C@@H](CO)C(=O)N[C@@H](Cc1ccccc1)C(=O)N[C@H](CO)C(=O)NCCCC(C(=O)O)N1CCN(CC(=O)O)CCN(CC(=O)O)CCN(CC(=O)O)CC1. The molecule has 0 saturated carbocycles. The molecule has 17 N–H and O–H groups in total. The number of benzene rings is 1. The van der Waals surface area contributed by atoms with E-state index >= 15 is 0 Å². The van der Waals surface area contributed by atoms with Crippen molar-refractivity contribution in [3.63, 3.8) is 0 Å². The summed E-state index contributed by atoms with van der Waals surface area (Å²) < 4.78 is 0. The molecular formula is C51H78N14O19. The summed E-state index contributed by atoms with van der Waals surface area (Å²) in [5.74, 6) is -12.9. The maximum Gasteiger partial charge on any atom is 0.320 e. The Morgan fingerprint density at radius 2 is 1.05 bits per heavy atom. The number of nitrogens with two attached hydrogens (primary N) is 1. The van der Waals surface area contributed by atoms with E-state index in [1.807, 2.05) is 0 Å². The number of aliphatic hydroxyl groups excluding tert-OH is 2. The Labute approximate surface area is 482 Å². The van der Waals surface area contributed by atoms with Gasteiger partial charge in [-0.2, -0.15) is 0 Å². The van der Waals surface area contributed by atoms with Gasteiger partial charge in [-0.05, 0) is 38.3 Å². The largest absolute Gasteiger partial charge is 0.481 e. The molecule has 7 amide bonds. The quantitative estimate of drug-likeness (QED) is 0.0285. The third-order valence-electron chi connectivity index (χ3n) is 13.2. The smallest absolute Gasteiger partial charge is 0.320 e. The van der Waals surface area contributed by atoms with E-state index in [-0.39, 0.29) is 116 Å². The van der Waals surface area contributed by atoms with Gasteiger partial charge in [0.2, 0.25) is 41.4 Å². The standard InChI is InChI=1S/C51H78N14O19/c1-31(56-47(79)36(23-41(69)70)57-40(68)10-5-11-52)45(77)58-35(22-33-24-53-30-55-33)49(81)61-38(29-67)50(82)59-34(21-32-7-3-2-4-8-32)48(80)60-37(28-66)46(78)54-12-6-9-39(51(83)84)65-19-17-63(26-43(73)74)15-13-62(25-42(71)72)14-16-64(18-20-65)27-44(75)76/h2-4,7-8,24,30-31,34-39,66-67H,5-6,9-23,25-29,52H2,1H3,(H,53,55)(H,54,78)(H,56,79)(H,57,68)(H,58,77)(H,59,82)(H,60,80)(H,61,81)(H,69,70)(H,71,72)(H,73,74)(H,75,76)(H,83,84)/t31-,34-,35-,36-,37+,38-,39?/m0/s1. The molecule has 1 aliphatic rings. The van der Waals surface area contributed by atoms with Gasteiger partial charge in [0.15, 0.2) is 0 Å². The van der Waals surface area contributed by atoms with Crippen LogP contribution in [0.15, 0.2) is 42.9 Å². The predicted octanol–water partition coefficient (Wildman–Crippen LogP) is -6.85. The lowest BCUT2D eigenvalue weighted by Gasteiger charge is -2.35. The first-order chi connectivity index (χ1) is 39.9. The molecule has 1 fully saturated rings. The Bertz CT molecular complexity index is 2480. The fourth-order valence-corrected chi connectivity index (χ4v) is 8.68. The predicted molar refractivity (Wildman–Crippen MR) is 292 cm³/mol. The van der Waals surface area contributed by atoms with Crippen LogP contribution in [-0.2, 0) is 70.4 Å². The number of amides is 7. The number of aliphatic carboxylic acids is 5. The number of hydrogen-bond donors (Lipinski definition) is 16. The zero-order valence-corrected chi connectivity index (χ0v) is 46.5. The van der Waals surface area contributed by atoms with Crippen LogP contribution in [0.3, 0.4) is 0 Å². The lowest BCUT2D eigenvalue weighted by molar-refractivity contribution is -0.145. The van der Waals surface area contributed by atoms with Gasteiger partial charge in [0.1, 0.15) is 42.3 Å². The second-order valence-electron chi connectivity index (χ2n) is 19.7. The first-order valence-electron chi connectivity index (χ1n) is 27.0. The molecule has 1 aromatic carbocycles. The van der Waals surface area contributed by atoms with E-state index in [2.05, 4.69) is 47.2 Å². The summed E-state index contributed by atoms with van der Waals surface area (Å²) >= 11 is 0. The minimum atomic E-state index is -1.80. The summed E-state index contributed by atoms with van der Waals surface area (Å²) in [7, 11) is 0. The number of aliphatic hydroxyl groups is 2. The number of aromatic amines is 1. The van der Waals surface area contributed by atoms with Crippen LogP contribution in [0.2, 0.25) is 0 Å². The average Bonchev–Trinajstić information content (AvgIpc) is 4.12. The molecule has 7 atom stereocenters. The van der Waals surface area contributed by atoms with Crippen LogP contribution in [0.25, 0.3) is 0 Å². The molecular weight excluding hydrogens is 1110 g/mol. The molecule has 0 radical (unpaired) electrons. The highest BCUT2D eigenvalue weighted by atomic mass is 16.4. The normalized spacial score (nSPS) is 16.4. The van der Waals surface area contributed by atoms with Gasteiger partial charge in [-0.1, -0.05) is 30.3 Å². The van der Waals surface area contributed by atoms with Crippen molar-refractivity contribution in [2.75, 3.05) is 98.3 Å². The van der Waals surface area contributed by atoms with Crippen molar-refractivity contribution in [2.24, 2.45) is 5.73 Å². The van der Waals surface area contributed by atoms with Gasteiger partial charge >= 0.3 is 29.8 Å². The molecule has 33 heteroatoms. The number of H-pyrrole nitrogens is 1. The van der Waals surface area contributed by atoms with Gasteiger partial charge in [-0.15, -0.1) is 0 Å². The molecule has 466 valence electrons. The van der Waals surface area contributed by atoms with E-state index < -0.39 is 146 Å². The number of hydrogen-bond acceptors (Lipinski definition) is 20. The number of rotatable bonds is 35. The summed E-state index contributed by atoms with van der Waals surface area (Å²) in [6.45, 7) is -1.50. The Kier molecular flexibility index (Phi) is 30.9. The Morgan fingerprint density at radius 3 is 1.52 bits per heavy atom. The fourth-order valence-electron chi connectivity index (χ4n) is 8.68. The monoisotopic (exact) mass is 1190 g/mol. The van der Waals surface area contributed by atoms with Crippen LogP contribution in [-0.4, -0.2) is 277 Å². The number of carbonyl (C=O) groups excluding carboxylic acids is 7. The third-order valence-corrected chi connectivity index (χ3v) is 13.2. The van der Waals surface area contributed by atoms with E-state index in [0.29, 0.717) is 5.56 Å². The molecule has 3 rings (SSSR count). The summed E-state index contributed by atoms with van der Waals surface area (Å²) in [5, 5.41) is 85.8. The van der Waals surface area contributed by atoms with Gasteiger partial charge in [0.25, 0.3) is 0 Å². The highest BCUT2D eigenvalue weighted by molar-refractivity contribution is 5.97. The Morgan fingerprint density at radius 1 is 0.571 bits per heavy atom.